The van der Waals surface area contributed by atoms with Crippen molar-refractivity contribution >= 4 is 8.32 Å². The molecule has 0 aromatic rings. The summed E-state index contributed by atoms with van der Waals surface area (Å²) < 4.78 is 6.07. The van der Waals surface area contributed by atoms with Crippen molar-refractivity contribution in [1.29, 1.82) is 0 Å². The van der Waals surface area contributed by atoms with Crippen molar-refractivity contribution in [2.75, 3.05) is 0 Å². The number of allylic oxidation sites excluding steroid dienone is 1. The summed E-state index contributed by atoms with van der Waals surface area (Å²) in [6, 6.07) is 1.34. The molecule has 1 aliphatic rings. The summed E-state index contributed by atoms with van der Waals surface area (Å²) in [6.45, 7) is 8.39. The Morgan fingerprint density at radius 2 is 2.33 bits per heavy atom. The van der Waals surface area contributed by atoms with Crippen molar-refractivity contribution in [1.82, 2.24) is 0 Å². The van der Waals surface area contributed by atoms with Gasteiger partial charge in [-0.25, -0.2) is 0 Å². The Hall–Kier alpha value is -0.0831. The van der Waals surface area contributed by atoms with Gasteiger partial charge < -0.3 is 4.43 Å². The Morgan fingerprint density at radius 3 is 2.92 bits per heavy atom. The Morgan fingerprint density at radius 1 is 1.58 bits per heavy atom. The fourth-order valence-electron chi connectivity index (χ4n) is 1.83. The molecule has 2 heteroatoms. The van der Waals surface area contributed by atoms with Gasteiger partial charge in [0.15, 0.2) is 8.32 Å². The third-order valence-corrected chi connectivity index (χ3v) is 5.01. The molecule has 1 saturated heterocycles. The molecule has 1 unspecified atom stereocenters. The van der Waals surface area contributed by atoms with Crippen LogP contribution in [0.5, 0.6) is 0 Å². The van der Waals surface area contributed by atoms with Crippen LogP contribution in [-0.4, -0.2) is 14.4 Å². The van der Waals surface area contributed by atoms with Crippen LogP contribution >= 0.6 is 0 Å². The number of hydrogen-bond donors (Lipinski definition) is 0. The van der Waals surface area contributed by atoms with Crippen molar-refractivity contribution in [2.24, 2.45) is 0 Å². The normalized spacial score (nSPS) is 28.3. The molecule has 0 radical (unpaired) electrons. The van der Waals surface area contributed by atoms with Crippen molar-refractivity contribution in [3.63, 3.8) is 0 Å². The summed E-state index contributed by atoms with van der Waals surface area (Å²) in [5.74, 6) is 0. The van der Waals surface area contributed by atoms with Gasteiger partial charge in [-0.3, -0.25) is 0 Å². The number of hydrogen-bond acceptors (Lipinski definition) is 1. The Balaban J connectivity index is 2.31. The molecular weight excluding hydrogens is 164 g/mol. The summed E-state index contributed by atoms with van der Waals surface area (Å²) in [4.78, 5) is 0. The first-order chi connectivity index (χ1) is 5.64. The molecular formula is C10H20OSi. The maximum Gasteiger partial charge on any atom is 0.187 e. The highest BCUT2D eigenvalue weighted by atomic mass is 28.4. The second-order valence-corrected chi connectivity index (χ2v) is 8.51. The monoisotopic (exact) mass is 184 g/mol. The van der Waals surface area contributed by atoms with Crippen LogP contribution in [0.25, 0.3) is 0 Å². The van der Waals surface area contributed by atoms with Gasteiger partial charge in [0.05, 0.1) is 0 Å². The SMILES string of the molecule is C=CCCC1CCC[Si](C)(C)O1. The van der Waals surface area contributed by atoms with E-state index in [9.17, 15) is 0 Å². The van der Waals surface area contributed by atoms with Crippen molar-refractivity contribution in [3.8, 4) is 0 Å². The van der Waals surface area contributed by atoms with Crippen LogP contribution in [-0.2, 0) is 4.43 Å². The van der Waals surface area contributed by atoms with Crippen molar-refractivity contribution in [3.05, 3.63) is 12.7 Å². The molecule has 12 heavy (non-hydrogen) atoms. The summed E-state index contributed by atoms with van der Waals surface area (Å²) in [7, 11) is -1.24. The standard InChI is InChI=1S/C10H20OSi/c1-4-5-7-10-8-6-9-12(2,3)11-10/h4,10H,1,5-9H2,2-3H3. The first kappa shape index (κ1) is 10.0. The minimum atomic E-state index is -1.24. The highest BCUT2D eigenvalue weighted by Gasteiger charge is 2.30. The predicted molar refractivity (Wildman–Crippen MR) is 55.8 cm³/mol. The lowest BCUT2D eigenvalue weighted by atomic mass is 10.1. The molecule has 1 nitrogen and oxygen atoms in total. The van der Waals surface area contributed by atoms with E-state index in [4.69, 9.17) is 4.43 Å². The van der Waals surface area contributed by atoms with Crippen LogP contribution in [0.1, 0.15) is 25.7 Å². The molecule has 0 N–H and O–H groups in total. The van der Waals surface area contributed by atoms with E-state index in [2.05, 4.69) is 19.7 Å². The lowest BCUT2D eigenvalue weighted by molar-refractivity contribution is 0.152. The molecule has 0 aromatic carbocycles. The van der Waals surface area contributed by atoms with Crippen LogP contribution in [0, 0.1) is 0 Å². The van der Waals surface area contributed by atoms with E-state index < -0.39 is 8.32 Å². The Kier molecular flexibility index (Phi) is 3.53. The molecule has 0 spiro atoms. The first-order valence-electron chi connectivity index (χ1n) is 4.93. The molecule has 1 rings (SSSR count). The van der Waals surface area contributed by atoms with E-state index in [1.165, 1.54) is 25.3 Å². The minimum absolute atomic E-state index is 0.540. The van der Waals surface area contributed by atoms with Crippen molar-refractivity contribution in [2.45, 2.75) is 50.9 Å². The van der Waals surface area contributed by atoms with Gasteiger partial charge in [0.1, 0.15) is 0 Å². The van der Waals surface area contributed by atoms with Crippen LogP contribution in [0.15, 0.2) is 12.7 Å². The van der Waals surface area contributed by atoms with Crippen LogP contribution in [0.4, 0.5) is 0 Å². The largest absolute Gasteiger partial charge is 0.414 e. The van der Waals surface area contributed by atoms with Gasteiger partial charge in [-0.1, -0.05) is 12.5 Å². The fourth-order valence-corrected chi connectivity index (χ4v) is 4.14. The summed E-state index contributed by atoms with van der Waals surface area (Å²) >= 11 is 0. The first-order valence-corrected chi connectivity index (χ1v) is 8.04. The predicted octanol–water partition coefficient (Wildman–Crippen LogP) is 3.34. The van der Waals surface area contributed by atoms with Gasteiger partial charge in [0, 0.05) is 6.10 Å². The topological polar surface area (TPSA) is 9.23 Å². The quantitative estimate of drug-likeness (QED) is 0.483. The Bertz CT molecular complexity index is 154. The van der Waals surface area contributed by atoms with Gasteiger partial charge in [-0.2, -0.15) is 0 Å². The van der Waals surface area contributed by atoms with E-state index >= 15 is 0 Å². The second kappa shape index (κ2) is 4.24. The summed E-state index contributed by atoms with van der Waals surface area (Å²) in [5, 5.41) is 0. The van der Waals surface area contributed by atoms with E-state index in [1.54, 1.807) is 0 Å². The average Bonchev–Trinajstić information content (AvgIpc) is 1.99. The van der Waals surface area contributed by atoms with Gasteiger partial charge >= 0.3 is 0 Å². The molecule has 70 valence electrons. The van der Waals surface area contributed by atoms with E-state index in [0.717, 1.165) is 6.42 Å². The maximum atomic E-state index is 6.07. The third kappa shape index (κ3) is 3.11. The fraction of sp³-hybridized carbons (Fsp3) is 0.800. The van der Waals surface area contributed by atoms with E-state index in [0.29, 0.717) is 6.10 Å². The van der Waals surface area contributed by atoms with Gasteiger partial charge in [-0.15, -0.1) is 6.58 Å². The molecule has 1 fully saturated rings. The van der Waals surface area contributed by atoms with Crippen molar-refractivity contribution < 1.29 is 4.43 Å². The van der Waals surface area contributed by atoms with E-state index in [1.807, 2.05) is 6.08 Å². The maximum absolute atomic E-state index is 6.07. The lowest BCUT2D eigenvalue weighted by Crippen LogP contribution is -2.39. The highest BCUT2D eigenvalue weighted by Crippen LogP contribution is 2.27. The Labute approximate surface area is 76.9 Å². The molecule has 0 aliphatic carbocycles. The van der Waals surface area contributed by atoms with E-state index in [-0.39, 0.29) is 0 Å². The molecule has 0 aromatic heterocycles. The molecule has 1 atom stereocenters. The van der Waals surface area contributed by atoms with Gasteiger partial charge in [0.2, 0.25) is 0 Å². The zero-order chi connectivity index (χ0) is 9.03. The smallest absolute Gasteiger partial charge is 0.187 e. The average molecular weight is 184 g/mol. The zero-order valence-electron chi connectivity index (χ0n) is 8.31. The van der Waals surface area contributed by atoms with Crippen LogP contribution in [0.3, 0.4) is 0 Å². The zero-order valence-corrected chi connectivity index (χ0v) is 9.31. The molecule has 0 amide bonds. The lowest BCUT2D eigenvalue weighted by Gasteiger charge is -2.34. The molecule has 0 bridgehead atoms. The van der Waals surface area contributed by atoms with Gasteiger partial charge in [0.25, 0.3) is 0 Å². The summed E-state index contributed by atoms with van der Waals surface area (Å²) in [5.41, 5.74) is 0. The molecule has 0 saturated carbocycles. The molecule has 1 heterocycles. The minimum Gasteiger partial charge on any atom is -0.414 e. The summed E-state index contributed by atoms with van der Waals surface area (Å²) in [6.07, 6.45) is 7.46. The molecule has 1 aliphatic heterocycles. The highest BCUT2D eigenvalue weighted by molar-refractivity contribution is 6.71. The van der Waals surface area contributed by atoms with Crippen LogP contribution < -0.4 is 0 Å². The van der Waals surface area contributed by atoms with Crippen LogP contribution in [0.2, 0.25) is 19.1 Å². The second-order valence-electron chi connectivity index (χ2n) is 4.26. The number of rotatable bonds is 3. The van der Waals surface area contributed by atoms with Gasteiger partial charge in [-0.05, 0) is 38.4 Å². The third-order valence-electron chi connectivity index (χ3n) is 2.48.